The number of aromatic nitrogens is 2. The van der Waals surface area contributed by atoms with Crippen molar-refractivity contribution in [2.24, 2.45) is 12.2 Å². The molecule has 5 heteroatoms. The second kappa shape index (κ2) is 4.02. The molecule has 0 fully saturated rings. The normalized spacial score (nSPS) is 20.2. The molecule has 0 bridgehead atoms. The second-order valence-electron chi connectivity index (χ2n) is 3.67. The molecule has 1 aromatic heterocycles. The van der Waals surface area contributed by atoms with E-state index >= 15 is 0 Å². The maximum Gasteiger partial charge on any atom is 0.156 e. The first-order chi connectivity index (χ1) is 7.24. The highest BCUT2D eigenvalue weighted by Gasteiger charge is 2.24. The maximum atomic E-state index is 8.94. The number of nitrogens with zero attached hydrogens (tertiary/aromatic N) is 3. The first kappa shape index (κ1) is 10.2. The lowest BCUT2D eigenvalue weighted by atomic mass is 10.1. The number of aliphatic hydroxyl groups excluding tert-OH is 1. The maximum absolute atomic E-state index is 8.94. The van der Waals surface area contributed by atoms with Crippen LogP contribution in [0.2, 0.25) is 0 Å². The molecule has 0 saturated heterocycles. The summed E-state index contributed by atoms with van der Waals surface area (Å²) in [6.45, 7) is 2.07. The molecule has 1 aromatic rings. The average molecular weight is 209 g/mol. The molecule has 1 atom stereocenters. The van der Waals surface area contributed by atoms with Gasteiger partial charge in [0.15, 0.2) is 6.10 Å². The number of aliphatic hydroxyl groups is 1. The Labute approximate surface area is 88.3 Å². The van der Waals surface area contributed by atoms with Gasteiger partial charge in [-0.25, -0.2) is 0 Å². The van der Waals surface area contributed by atoms with Crippen LogP contribution in [0, 0.1) is 0 Å². The van der Waals surface area contributed by atoms with Gasteiger partial charge in [0, 0.05) is 25.2 Å². The van der Waals surface area contributed by atoms with Crippen molar-refractivity contribution in [3.63, 3.8) is 0 Å². The third-order valence-corrected chi connectivity index (χ3v) is 2.49. The van der Waals surface area contributed by atoms with Crippen molar-refractivity contribution in [1.82, 2.24) is 9.78 Å². The summed E-state index contributed by atoms with van der Waals surface area (Å²) in [6, 6.07) is 0. The molecule has 5 nitrogen and oxygen atoms in total. The van der Waals surface area contributed by atoms with Gasteiger partial charge in [-0.2, -0.15) is 5.10 Å². The predicted molar refractivity (Wildman–Crippen MR) is 55.7 cm³/mol. The van der Waals surface area contributed by atoms with Crippen LogP contribution in [0.15, 0.2) is 11.4 Å². The van der Waals surface area contributed by atoms with Gasteiger partial charge >= 0.3 is 0 Å². The highest BCUT2D eigenvalue weighted by Crippen LogP contribution is 2.18. The number of hydrogen-bond acceptors (Lipinski definition) is 4. The topological polar surface area (TPSA) is 59.6 Å². The number of oxime groups is 1. The summed E-state index contributed by atoms with van der Waals surface area (Å²) in [7, 11) is 1.89. The smallest absolute Gasteiger partial charge is 0.156 e. The lowest BCUT2D eigenvalue weighted by molar-refractivity contribution is 0.0390. The molecule has 0 aliphatic carbocycles. The summed E-state index contributed by atoms with van der Waals surface area (Å²) in [6.07, 6.45) is 3.29. The quantitative estimate of drug-likeness (QED) is 0.787. The van der Waals surface area contributed by atoms with E-state index in [1.165, 1.54) is 0 Å². The standard InChI is InChI=1S/C10H15N3O2/c1-3-9-8(5-13(2)11-9)10-4-7(6-14)15-12-10/h5,7,14H,3-4,6H2,1-2H3. The molecule has 1 N–H and O–H groups in total. The molecular weight excluding hydrogens is 194 g/mol. The minimum atomic E-state index is -0.190. The van der Waals surface area contributed by atoms with Gasteiger partial charge in [0.05, 0.1) is 18.0 Å². The van der Waals surface area contributed by atoms with Crippen molar-refractivity contribution in [2.75, 3.05) is 6.61 Å². The van der Waals surface area contributed by atoms with Crippen molar-refractivity contribution >= 4 is 5.71 Å². The fourth-order valence-electron chi connectivity index (χ4n) is 1.72. The molecule has 0 saturated carbocycles. The van der Waals surface area contributed by atoms with Crippen LogP contribution < -0.4 is 0 Å². The Bertz CT molecular complexity index is 384. The first-order valence-electron chi connectivity index (χ1n) is 5.11. The minimum Gasteiger partial charge on any atom is -0.392 e. The van der Waals surface area contributed by atoms with Crippen LogP contribution in [-0.2, 0) is 18.3 Å². The number of rotatable bonds is 3. The Morgan fingerprint density at radius 2 is 2.47 bits per heavy atom. The second-order valence-corrected chi connectivity index (χ2v) is 3.67. The molecule has 0 radical (unpaired) electrons. The summed E-state index contributed by atoms with van der Waals surface area (Å²) in [5, 5.41) is 17.3. The van der Waals surface area contributed by atoms with Crippen LogP contribution in [0.5, 0.6) is 0 Å². The molecule has 2 heterocycles. The Kier molecular flexibility index (Phi) is 2.73. The Balaban J connectivity index is 2.23. The van der Waals surface area contributed by atoms with Crippen molar-refractivity contribution in [3.8, 4) is 0 Å². The van der Waals surface area contributed by atoms with E-state index in [1.54, 1.807) is 4.68 Å². The third kappa shape index (κ3) is 1.87. The van der Waals surface area contributed by atoms with Gasteiger partial charge in [-0.15, -0.1) is 0 Å². The molecule has 1 aliphatic heterocycles. The Morgan fingerprint density at radius 3 is 3.07 bits per heavy atom. The van der Waals surface area contributed by atoms with Gasteiger partial charge in [-0.1, -0.05) is 12.1 Å². The van der Waals surface area contributed by atoms with E-state index in [0.717, 1.165) is 23.4 Å². The van der Waals surface area contributed by atoms with Gasteiger partial charge in [0.1, 0.15) is 0 Å². The molecule has 2 rings (SSSR count). The molecular formula is C10H15N3O2. The van der Waals surface area contributed by atoms with Crippen LogP contribution in [0.4, 0.5) is 0 Å². The van der Waals surface area contributed by atoms with E-state index in [1.807, 2.05) is 13.2 Å². The Hall–Kier alpha value is -1.36. The highest BCUT2D eigenvalue weighted by atomic mass is 16.6. The van der Waals surface area contributed by atoms with E-state index in [4.69, 9.17) is 9.94 Å². The van der Waals surface area contributed by atoms with Crippen molar-refractivity contribution in [1.29, 1.82) is 0 Å². The summed E-state index contributed by atoms with van der Waals surface area (Å²) in [5.74, 6) is 0. The molecule has 0 aromatic carbocycles. The summed E-state index contributed by atoms with van der Waals surface area (Å²) in [4.78, 5) is 5.08. The largest absolute Gasteiger partial charge is 0.392 e. The lowest BCUT2D eigenvalue weighted by Crippen LogP contribution is -2.13. The molecule has 1 aliphatic rings. The summed E-state index contributed by atoms with van der Waals surface area (Å²) >= 11 is 0. The van der Waals surface area contributed by atoms with Gasteiger partial charge < -0.3 is 9.94 Å². The Morgan fingerprint density at radius 1 is 1.67 bits per heavy atom. The monoisotopic (exact) mass is 209 g/mol. The van der Waals surface area contributed by atoms with Crippen LogP contribution in [-0.4, -0.2) is 33.3 Å². The van der Waals surface area contributed by atoms with Crippen molar-refractivity contribution < 1.29 is 9.94 Å². The van der Waals surface area contributed by atoms with E-state index < -0.39 is 0 Å². The van der Waals surface area contributed by atoms with Crippen molar-refractivity contribution in [2.45, 2.75) is 25.9 Å². The lowest BCUT2D eigenvalue weighted by Gasteiger charge is -2.01. The first-order valence-corrected chi connectivity index (χ1v) is 5.11. The van der Waals surface area contributed by atoms with E-state index in [0.29, 0.717) is 6.42 Å². The predicted octanol–water partition coefficient (Wildman–Crippen LogP) is 0.468. The summed E-state index contributed by atoms with van der Waals surface area (Å²) < 4.78 is 1.78. The number of hydrogen-bond donors (Lipinski definition) is 1. The van der Waals surface area contributed by atoms with Gasteiger partial charge in [-0.3, -0.25) is 4.68 Å². The zero-order valence-electron chi connectivity index (χ0n) is 8.97. The van der Waals surface area contributed by atoms with Crippen LogP contribution >= 0.6 is 0 Å². The molecule has 0 spiro atoms. The van der Waals surface area contributed by atoms with Gasteiger partial charge in [-0.05, 0) is 6.42 Å². The molecule has 15 heavy (non-hydrogen) atoms. The van der Waals surface area contributed by atoms with Crippen molar-refractivity contribution in [3.05, 3.63) is 17.5 Å². The SMILES string of the molecule is CCc1nn(C)cc1C1=NOC(CO)C1. The van der Waals surface area contributed by atoms with Gasteiger partial charge in [0.25, 0.3) is 0 Å². The average Bonchev–Trinajstić information content (AvgIpc) is 2.82. The van der Waals surface area contributed by atoms with Gasteiger partial charge in [0.2, 0.25) is 0 Å². The molecule has 1 unspecified atom stereocenters. The fourth-order valence-corrected chi connectivity index (χ4v) is 1.72. The molecule has 0 amide bonds. The third-order valence-electron chi connectivity index (χ3n) is 2.49. The zero-order chi connectivity index (χ0) is 10.8. The fraction of sp³-hybridized carbons (Fsp3) is 0.600. The van der Waals surface area contributed by atoms with E-state index in [-0.39, 0.29) is 12.7 Å². The molecule has 82 valence electrons. The highest BCUT2D eigenvalue weighted by molar-refractivity contribution is 6.02. The van der Waals surface area contributed by atoms with Crippen LogP contribution in [0.3, 0.4) is 0 Å². The number of aryl methyl sites for hydroxylation is 2. The summed E-state index contributed by atoms with van der Waals surface area (Å²) in [5.41, 5.74) is 2.95. The van der Waals surface area contributed by atoms with Crippen LogP contribution in [0.25, 0.3) is 0 Å². The van der Waals surface area contributed by atoms with E-state index in [2.05, 4.69) is 17.2 Å². The van der Waals surface area contributed by atoms with E-state index in [9.17, 15) is 0 Å². The zero-order valence-corrected chi connectivity index (χ0v) is 8.97. The minimum absolute atomic E-state index is 0.00865. The van der Waals surface area contributed by atoms with Crippen LogP contribution in [0.1, 0.15) is 24.6 Å².